The number of benzene rings is 2. The molecule has 0 fully saturated rings. The van der Waals surface area contributed by atoms with Crippen LogP contribution >= 0.6 is 0 Å². The summed E-state index contributed by atoms with van der Waals surface area (Å²) in [5, 5.41) is 10.3. The molecular formula is C25H22O4. The maximum atomic E-state index is 12.5. The third-order valence-corrected chi connectivity index (χ3v) is 4.09. The first-order valence-electron chi connectivity index (χ1n) is 9.07. The van der Waals surface area contributed by atoms with Crippen molar-refractivity contribution in [2.75, 3.05) is 0 Å². The summed E-state index contributed by atoms with van der Waals surface area (Å²) in [4.78, 5) is 36.2. The van der Waals surface area contributed by atoms with Crippen LogP contribution in [0.3, 0.4) is 0 Å². The molecule has 4 nitrogen and oxygen atoms in total. The maximum Gasteiger partial charge on any atom is 0.196 e. The molecule has 0 heterocycles. The predicted octanol–water partition coefficient (Wildman–Crippen LogP) is 5.06. The summed E-state index contributed by atoms with van der Waals surface area (Å²) in [7, 11) is 0. The van der Waals surface area contributed by atoms with Crippen molar-refractivity contribution in [3.63, 3.8) is 0 Å². The van der Waals surface area contributed by atoms with Crippen molar-refractivity contribution >= 4 is 23.1 Å². The Hall–Kier alpha value is -3.79. The molecule has 2 aromatic rings. The zero-order chi connectivity index (χ0) is 21.2. The Morgan fingerprint density at radius 2 is 1.28 bits per heavy atom. The number of aliphatic hydroxyl groups excluding tert-OH is 1. The normalized spacial score (nSPS) is 12.8. The zero-order valence-corrected chi connectivity index (χ0v) is 16.3. The summed E-state index contributed by atoms with van der Waals surface area (Å²) < 4.78 is 0. The highest BCUT2D eigenvalue weighted by Crippen LogP contribution is 2.17. The van der Waals surface area contributed by atoms with Crippen molar-refractivity contribution in [1.82, 2.24) is 0 Å². The fourth-order valence-corrected chi connectivity index (χ4v) is 2.58. The molecule has 29 heavy (non-hydrogen) atoms. The topological polar surface area (TPSA) is 71.4 Å². The molecule has 0 bridgehead atoms. The highest BCUT2D eigenvalue weighted by Gasteiger charge is 2.15. The van der Waals surface area contributed by atoms with Crippen molar-refractivity contribution < 1.29 is 19.5 Å². The quantitative estimate of drug-likeness (QED) is 0.172. The summed E-state index contributed by atoms with van der Waals surface area (Å²) in [6, 6.07) is 17.3. The molecule has 0 aliphatic heterocycles. The van der Waals surface area contributed by atoms with Gasteiger partial charge >= 0.3 is 0 Å². The fraction of sp³-hybridized carbons (Fsp3) is 0.0800. The number of Topliss-reactive ketones (excluding diaryl/α,β-unsaturated/α-hetero) is 3. The summed E-state index contributed by atoms with van der Waals surface area (Å²) in [6.45, 7) is 2.71. The highest BCUT2D eigenvalue weighted by atomic mass is 16.3. The lowest BCUT2D eigenvalue weighted by molar-refractivity contribution is -0.114. The van der Waals surface area contributed by atoms with Crippen LogP contribution in [0.5, 0.6) is 0 Å². The van der Waals surface area contributed by atoms with E-state index in [0.717, 1.165) is 0 Å². The average molecular weight is 386 g/mol. The van der Waals surface area contributed by atoms with Crippen LogP contribution in [-0.4, -0.2) is 22.5 Å². The van der Waals surface area contributed by atoms with Crippen LogP contribution in [0.15, 0.2) is 102 Å². The molecule has 0 amide bonds. The second kappa shape index (κ2) is 10.5. The highest BCUT2D eigenvalue weighted by molar-refractivity contribution is 6.25. The van der Waals surface area contributed by atoms with Gasteiger partial charge in [-0.1, -0.05) is 78.9 Å². The number of allylic oxidation sites excluding steroid dienone is 7. The summed E-state index contributed by atoms with van der Waals surface area (Å²) >= 11 is 0. The van der Waals surface area contributed by atoms with Crippen molar-refractivity contribution in [3.8, 4) is 0 Å². The molecule has 2 aromatic carbocycles. The molecule has 146 valence electrons. The van der Waals surface area contributed by atoms with E-state index < -0.39 is 0 Å². The minimum Gasteiger partial charge on any atom is -0.507 e. The molecule has 1 N–H and O–H groups in total. The summed E-state index contributed by atoms with van der Waals surface area (Å²) in [6.07, 6.45) is 7.63. The third-order valence-electron chi connectivity index (χ3n) is 4.09. The third kappa shape index (κ3) is 6.11. The van der Waals surface area contributed by atoms with E-state index >= 15 is 0 Å². The molecule has 0 saturated carbocycles. The van der Waals surface area contributed by atoms with E-state index in [4.69, 9.17) is 0 Å². The van der Waals surface area contributed by atoms with Crippen molar-refractivity contribution in [1.29, 1.82) is 0 Å². The smallest absolute Gasteiger partial charge is 0.196 e. The zero-order valence-electron chi connectivity index (χ0n) is 16.3. The summed E-state index contributed by atoms with van der Waals surface area (Å²) in [5.74, 6) is -1.08. The Bertz CT molecular complexity index is 1010. The molecule has 0 aromatic heterocycles. The average Bonchev–Trinajstić information content (AvgIpc) is 2.73. The maximum absolute atomic E-state index is 12.5. The van der Waals surface area contributed by atoms with Gasteiger partial charge in [0.25, 0.3) is 0 Å². The van der Waals surface area contributed by atoms with E-state index in [9.17, 15) is 19.5 Å². The first-order chi connectivity index (χ1) is 13.9. The van der Waals surface area contributed by atoms with E-state index in [1.807, 2.05) is 6.07 Å². The molecular weight excluding hydrogens is 364 g/mol. The molecule has 0 aliphatic carbocycles. The van der Waals surface area contributed by atoms with Gasteiger partial charge in [0.15, 0.2) is 17.3 Å². The van der Waals surface area contributed by atoms with Crippen LogP contribution in [0.1, 0.15) is 29.8 Å². The standard InChI is InChI=1S/C25H22O4/c1-18(26)22(24(28)20-12-6-3-7-13-20)16-10-5-11-17-23(19(2)27)25(29)21-14-8-4-9-15-21/h3-17,28H,1-2H3/b11-5?,16-10?,23-17?,24-22+. The first-order valence-corrected chi connectivity index (χ1v) is 9.07. The van der Waals surface area contributed by atoms with Crippen LogP contribution in [-0.2, 0) is 9.59 Å². The van der Waals surface area contributed by atoms with Crippen LogP contribution in [0.25, 0.3) is 5.76 Å². The van der Waals surface area contributed by atoms with E-state index in [0.29, 0.717) is 11.1 Å². The Morgan fingerprint density at radius 3 is 1.79 bits per heavy atom. The number of carbonyl (C=O) groups is 3. The van der Waals surface area contributed by atoms with Crippen molar-refractivity contribution in [3.05, 3.63) is 113 Å². The summed E-state index contributed by atoms with van der Waals surface area (Å²) in [5.41, 5.74) is 1.21. The van der Waals surface area contributed by atoms with Gasteiger partial charge in [-0.25, -0.2) is 0 Å². The number of hydrogen-bond donors (Lipinski definition) is 1. The number of carbonyl (C=O) groups excluding carboxylic acids is 3. The number of ketones is 3. The van der Waals surface area contributed by atoms with E-state index in [1.165, 1.54) is 26.0 Å². The Labute approximate surface area is 170 Å². The molecule has 2 rings (SSSR count). The van der Waals surface area contributed by atoms with Crippen molar-refractivity contribution in [2.45, 2.75) is 13.8 Å². The minimum atomic E-state index is -0.349. The molecule has 0 atom stereocenters. The SMILES string of the molecule is CC(=O)C(=CC=CC=C/C(C(C)=O)=C(\O)c1ccccc1)C(=O)c1ccccc1. The Kier molecular flexibility index (Phi) is 7.80. The minimum absolute atomic E-state index is 0.0651. The van der Waals surface area contributed by atoms with Gasteiger partial charge in [0.2, 0.25) is 0 Å². The molecule has 0 spiro atoms. The Balaban J connectivity index is 2.23. The van der Waals surface area contributed by atoms with Crippen molar-refractivity contribution in [2.24, 2.45) is 0 Å². The van der Waals surface area contributed by atoms with E-state index in [2.05, 4.69) is 0 Å². The molecule has 0 unspecified atom stereocenters. The van der Waals surface area contributed by atoms with Gasteiger partial charge in [-0.2, -0.15) is 0 Å². The fourth-order valence-electron chi connectivity index (χ4n) is 2.58. The molecule has 0 radical (unpaired) electrons. The lowest BCUT2D eigenvalue weighted by Crippen LogP contribution is -2.10. The molecule has 0 aliphatic rings. The monoisotopic (exact) mass is 386 g/mol. The van der Waals surface area contributed by atoms with Gasteiger partial charge in [-0.05, 0) is 26.0 Å². The van der Waals surface area contributed by atoms with Gasteiger partial charge in [0.05, 0.1) is 11.1 Å². The van der Waals surface area contributed by atoms with E-state index in [1.54, 1.807) is 72.8 Å². The number of rotatable bonds is 8. The Morgan fingerprint density at radius 1 is 0.724 bits per heavy atom. The predicted molar refractivity (Wildman–Crippen MR) is 114 cm³/mol. The van der Waals surface area contributed by atoms with Gasteiger partial charge in [0, 0.05) is 11.1 Å². The van der Waals surface area contributed by atoms with Crippen LogP contribution in [0, 0.1) is 0 Å². The van der Waals surface area contributed by atoms with Gasteiger partial charge < -0.3 is 5.11 Å². The number of aliphatic hydroxyl groups is 1. The number of hydrogen-bond acceptors (Lipinski definition) is 4. The molecule has 0 saturated heterocycles. The molecule has 4 heteroatoms. The van der Waals surface area contributed by atoms with Gasteiger partial charge in [-0.3, -0.25) is 14.4 Å². The van der Waals surface area contributed by atoms with Crippen LogP contribution in [0.2, 0.25) is 0 Å². The van der Waals surface area contributed by atoms with Crippen LogP contribution < -0.4 is 0 Å². The van der Waals surface area contributed by atoms with E-state index in [-0.39, 0.29) is 34.3 Å². The van der Waals surface area contributed by atoms with Crippen LogP contribution in [0.4, 0.5) is 0 Å². The lowest BCUT2D eigenvalue weighted by atomic mass is 10.0. The van der Waals surface area contributed by atoms with Gasteiger partial charge in [-0.15, -0.1) is 0 Å². The largest absolute Gasteiger partial charge is 0.507 e. The second-order valence-electron chi connectivity index (χ2n) is 6.26. The van der Waals surface area contributed by atoms with Gasteiger partial charge in [0.1, 0.15) is 5.76 Å². The second-order valence-corrected chi connectivity index (χ2v) is 6.26. The lowest BCUT2D eigenvalue weighted by Gasteiger charge is -2.04. The first kappa shape index (κ1) is 21.5.